The monoisotopic (exact) mass is 549 g/mol. The molecule has 0 aliphatic carbocycles. The summed E-state index contributed by atoms with van der Waals surface area (Å²) in [6.07, 6.45) is 3.30. The van der Waals surface area contributed by atoms with E-state index in [1.54, 1.807) is 28.9 Å². The second-order valence-electron chi connectivity index (χ2n) is 9.92. The first kappa shape index (κ1) is 25.2. The van der Waals surface area contributed by atoms with Gasteiger partial charge >= 0.3 is 6.01 Å². The van der Waals surface area contributed by atoms with Gasteiger partial charge in [-0.1, -0.05) is 72.8 Å². The molecule has 3 aromatic carbocycles. The highest BCUT2D eigenvalue weighted by Gasteiger charge is 2.54. The predicted octanol–water partition coefficient (Wildman–Crippen LogP) is 3.75. The Morgan fingerprint density at radius 3 is 2.22 bits per heavy atom. The molecular weight excluding hydrogens is 522 g/mol. The molecule has 2 aromatic heterocycles. The van der Waals surface area contributed by atoms with E-state index in [2.05, 4.69) is 39.3 Å². The molecule has 0 amide bonds. The summed E-state index contributed by atoms with van der Waals surface area (Å²) in [5.74, 6) is 0.754. The number of benzene rings is 3. The summed E-state index contributed by atoms with van der Waals surface area (Å²) >= 11 is 0. The number of rotatable bonds is 8. The number of nitrogens with zero attached hydrogens (tertiary/aromatic N) is 5. The topological polar surface area (TPSA) is 103 Å². The van der Waals surface area contributed by atoms with E-state index < -0.39 is 24.0 Å². The van der Waals surface area contributed by atoms with E-state index in [9.17, 15) is 4.79 Å². The van der Waals surface area contributed by atoms with Crippen molar-refractivity contribution in [2.75, 3.05) is 13.7 Å². The van der Waals surface area contributed by atoms with E-state index in [0.29, 0.717) is 0 Å². The first-order valence-electron chi connectivity index (χ1n) is 13.3. The van der Waals surface area contributed by atoms with Gasteiger partial charge in [0.05, 0.1) is 13.7 Å². The minimum Gasteiger partial charge on any atom is -0.497 e. The van der Waals surface area contributed by atoms with E-state index in [1.807, 2.05) is 60.7 Å². The molecule has 0 unspecified atom stereocenters. The van der Waals surface area contributed by atoms with Gasteiger partial charge in [0.25, 0.3) is 5.56 Å². The molecular formula is C31H27N5O5. The van der Waals surface area contributed by atoms with Crippen molar-refractivity contribution in [3.8, 4) is 11.8 Å². The van der Waals surface area contributed by atoms with E-state index in [4.69, 9.17) is 18.9 Å². The van der Waals surface area contributed by atoms with Gasteiger partial charge in [0.1, 0.15) is 36.2 Å². The number of ether oxygens (including phenoxy) is 4. The summed E-state index contributed by atoms with van der Waals surface area (Å²) in [6.45, 7) is 0.194. The van der Waals surface area contributed by atoms with Gasteiger partial charge in [0, 0.05) is 12.3 Å². The Bertz CT molecular complexity index is 1640. The van der Waals surface area contributed by atoms with Crippen LogP contribution in [0.1, 0.15) is 29.0 Å². The number of hydrogen-bond donors (Lipinski definition) is 0. The van der Waals surface area contributed by atoms with Gasteiger partial charge in [-0.3, -0.25) is 9.36 Å². The summed E-state index contributed by atoms with van der Waals surface area (Å²) in [7, 11) is 1.65. The third-order valence-electron chi connectivity index (χ3n) is 7.70. The van der Waals surface area contributed by atoms with Gasteiger partial charge in [-0.15, -0.1) is 0 Å². The number of hydrogen-bond acceptors (Lipinski definition) is 8. The van der Waals surface area contributed by atoms with Crippen molar-refractivity contribution < 1.29 is 18.9 Å². The maximum Gasteiger partial charge on any atom is 0.302 e. The number of aromatic nitrogens is 5. The maximum absolute atomic E-state index is 11.9. The Morgan fingerprint density at radius 1 is 0.902 bits per heavy atom. The molecule has 206 valence electrons. The third-order valence-corrected chi connectivity index (χ3v) is 7.70. The Labute approximate surface area is 235 Å². The zero-order valence-electron chi connectivity index (χ0n) is 22.2. The summed E-state index contributed by atoms with van der Waals surface area (Å²) in [5.41, 5.74) is 1.54. The van der Waals surface area contributed by atoms with E-state index in [0.717, 1.165) is 22.4 Å². The van der Waals surface area contributed by atoms with Gasteiger partial charge in [0.2, 0.25) is 0 Å². The Balaban J connectivity index is 1.31. The van der Waals surface area contributed by atoms with Gasteiger partial charge in [-0.25, -0.2) is 9.67 Å². The van der Waals surface area contributed by atoms with Crippen LogP contribution in [0.5, 0.6) is 11.8 Å². The van der Waals surface area contributed by atoms with Crippen molar-refractivity contribution in [3.05, 3.63) is 137 Å². The van der Waals surface area contributed by atoms with E-state index >= 15 is 0 Å². The lowest BCUT2D eigenvalue weighted by atomic mass is 9.80. The molecule has 0 spiro atoms. The zero-order chi connectivity index (χ0) is 27.8. The molecule has 2 aliphatic rings. The van der Waals surface area contributed by atoms with Crippen molar-refractivity contribution in [3.63, 3.8) is 0 Å². The fraction of sp³-hybridized carbons (Fsp3) is 0.226. The van der Waals surface area contributed by atoms with Crippen molar-refractivity contribution in [2.24, 2.45) is 0 Å². The lowest BCUT2D eigenvalue weighted by molar-refractivity contribution is -0.0827. The molecule has 0 N–H and O–H groups in total. The predicted molar refractivity (Wildman–Crippen MR) is 148 cm³/mol. The average Bonchev–Trinajstić information content (AvgIpc) is 3.75. The van der Waals surface area contributed by atoms with Gasteiger partial charge < -0.3 is 18.9 Å². The first-order valence-corrected chi connectivity index (χ1v) is 13.3. The van der Waals surface area contributed by atoms with Gasteiger partial charge in [0.15, 0.2) is 12.3 Å². The van der Waals surface area contributed by atoms with Crippen molar-refractivity contribution in [1.29, 1.82) is 0 Å². The second-order valence-corrected chi connectivity index (χ2v) is 9.92. The van der Waals surface area contributed by atoms with Crippen LogP contribution in [0.2, 0.25) is 0 Å². The molecule has 1 fully saturated rings. The SMILES string of the molecule is COc1ccc(C(OC[C@H]2O[C@@H]3[C@@H](Oc4nc(=O)ccn43)[C@@H]2n2cncn2)(c2ccccc2)c2ccccc2)cc1. The molecule has 5 aromatic rings. The number of methoxy groups -OCH3 is 1. The minimum absolute atomic E-state index is 0.194. The smallest absolute Gasteiger partial charge is 0.302 e. The number of fused-ring (bicyclic) bond motifs is 3. The molecule has 41 heavy (non-hydrogen) atoms. The Kier molecular flexibility index (Phi) is 6.33. The maximum atomic E-state index is 11.9. The van der Waals surface area contributed by atoms with Crippen LogP contribution in [-0.4, -0.2) is 50.2 Å². The highest BCUT2D eigenvalue weighted by Crippen LogP contribution is 2.46. The summed E-state index contributed by atoms with van der Waals surface area (Å²) in [5, 5.41) is 4.41. The van der Waals surface area contributed by atoms with Crippen LogP contribution in [0.25, 0.3) is 0 Å². The van der Waals surface area contributed by atoms with Crippen molar-refractivity contribution >= 4 is 0 Å². The Hall–Kier alpha value is -4.80. The summed E-state index contributed by atoms with van der Waals surface area (Å²) < 4.78 is 28.8. The first-order chi connectivity index (χ1) is 20.2. The van der Waals surface area contributed by atoms with Gasteiger partial charge in [-0.2, -0.15) is 10.1 Å². The standard InChI is InChI=1S/C31H27N5O5/c1-38-24-14-12-23(13-15-24)31(21-8-4-2-5-9-21,22-10-6-3-7-11-22)39-18-25-27(36-20-32-19-33-36)28-29(40-25)35-17-16-26(37)34-30(35)41-28/h2-17,19-20,25,27-29H,18H2,1H3/t25-,27-,28+,29-/m1/s1. The molecule has 0 radical (unpaired) electrons. The largest absolute Gasteiger partial charge is 0.497 e. The van der Waals surface area contributed by atoms with E-state index in [-0.39, 0.29) is 24.2 Å². The van der Waals surface area contributed by atoms with Crippen LogP contribution in [0.3, 0.4) is 0 Å². The Morgan fingerprint density at radius 2 is 1.59 bits per heavy atom. The third kappa shape index (κ3) is 4.28. The van der Waals surface area contributed by atoms with Crippen LogP contribution in [0.15, 0.2) is 115 Å². The van der Waals surface area contributed by atoms with Gasteiger partial charge in [-0.05, 0) is 28.8 Å². The molecule has 10 nitrogen and oxygen atoms in total. The lowest BCUT2D eigenvalue weighted by Crippen LogP contribution is -2.39. The lowest BCUT2D eigenvalue weighted by Gasteiger charge is -2.37. The molecule has 0 bridgehead atoms. The highest BCUT2D eigenvalue weighted by molar-refractivity contribution is 5.48. The van der Waals surface area contributed by atoms with Crippen LogP contribution in [0.4, 0.5) is 0 Å². The van der Waals surface area contributed by atoms with Crippen LogP contribution in [0, 0.1) is 0 Å². The average molecular weight is 550 g/mol. The fourth-order valence-corrected chi connectivity index (χ4v) is 5.83. The zero-order valence-corrected chi connectivity index (χ0v) is 22.2. The van der Waals surface area contributed by atoms with Crippen LogP contribution >= 0.6 is 0 Å². The molecule has 4 heterocycles. The van der Waals surface area contributed by atoms with Crippen molar-refractivity contribution in [2.45, 2.75) is 30.1 Å². The molecule has 0 saturated carbocycles. The highest BCUT2D eigenvalue weighted by atomic mass is 16.6. The normalized spacial score (nSPS) is 21.2. The molecule has 1 saturated heterocycles. The molecule has 4 atom stereocenters. The van der Waals surface area contributed by atoms with Crippen LogP contribution < -0.4 is 15.0 Å². The van der Waals surface area contributed by atoms with E-state index in [1.165, 1.54) is 12.4 Å². The molecule has 7 rings (SSSR count). The summed E-state index contributed by atoms with van der Waals surface area (Å²) in [6, 6.07) is 29.4. The minimum atomic E-state index is -0.965. The van der Waals surface area contributed by atoms with Crippen molar-refractivity contribution in [1.82, 2.24) is 24.3 Å². The quantitative estimate of drug-likeness (QED) is 0.270. The van der Waals surface area contributed by atoms with Crippen LogP contribution in [-0.2, 0) is 15.1 Å². The summed E-state index contributed by atoms with van der Waals surface area (Å²) in [4.78, 5) is 20.1. The molecule has 10 heteroatoms. The second kappa shape index (κ2) is 10.3. The molecule has 2 aliphatic heterocycles. The fourth-order valence-electron chi connectivity index (χ4n) is 5.83.